The van der Waals surface area contributed by atoms with Crippen molar-refractivity contribution in [2.45, 2.75) is 0 Å². The fraction of sp³-hybridized carbons (Fsp3) is 0. The SMILES string of the molecule is [Cs].[O]=[W].[W]. The van der Waals surface area contributed by atoms with Crippen LogP contribution in [0.15, 0.2) is 0 Å². The van der Waals surface area contributed by atoms with Gasteiger partial charge in [0.1, 0.15) is 0 Å². The van der Waals surface area contributed by atoms with Gasteiger partial charge in [-0.1, -0.05) is 0 Å². The molecule has 0 aromatic carbocycles. The summed E-state index contributed by atoms with van der Waals surface area (Å²) in [5.41, 5.74) is 0. The number of hydrogen-bond donors (Lipinski definition) is 0. The standard InChI is InChI=1S/Cs.O.2W. The topological polar surface area (TPSA) is 17.1 Å². The Labute approximate surface area is 110 Å². The molecule has 0 bridgehead atoms. The summed E-state index contributed by atoms with van der Waals surface area (Å²) in [4.78, 5) is 0. The van der Waals surface area contributed by atoms with Crippen LogP contribution in [0.4, 0.5) is 0 Å². The maximum absolute atomic E-state index is 8.33. The van der Waals surface area contributed by atoms with E-state index in [9.17, 15) is 0 Å². The predicted octanol–water partition coefficient (Wildman–Crippen LogP) is -0.505. The van der Waals surface area contributed by atoms with Crippen LogP contribution < -0.4 is 0 Å². The van der Waals surface area contributed by atoms with E-state index in [0.29, 0.717) is 19.8 Å². The fourth-order valence-electron chi connectivity index (χ4n) is 0. The van der Waals surface area contributed by atoms with Crippen molar-refractivity contribution in [1.29, 1.82) is 0 Å². The monoisotopic (exact) mass is 517 g/mol. The third-order valence-electron chi connectivity index (χ3n) is 0. The van der Waals surface area contributed by atoms with Gasteiger partial charge in [-0.15, -0.1) is 0 Å². The van der Waals surface area contributed by atoms with Gasteiger partial charge in [0.05, 0.1) is 0 Å². The largest absolute Gasteiger partial charge is 0 e. The van der Waals surface area contributed by atoms with Crippen molar-refractivity contribution in [1.82, 2.24) is 0 Å². The van der Waals surface area contributed by atoms with Crippen molar-refractivity contribution in [2.24, 2.45) is 0 Å². The predicted molar refractivity (Wildman–Crippen MR) is 6.44 cm³/mol. The zero-order chi connectivity index (χ0) is 2.00. The van der Waals surface area contributed by atoms with Gasteiger partial charge in [0.15, 0.2) is 0 Å². The summed E-state index contributed by atoms with van der Waals surface area (Å²) < 4.78 is 8.33. The van der Waals surface area contributed by atoms with Gasteiger partial charge in [-0.3, -0.25) is 0 Å². The molecule has 0 rings (SSSR count). The molecule has 0 aromatic heterocycles. The van der Waals surface area contributed by atoms with Crippen molar-refractivity contribution in [3.8, 4) is 0 Å². The molecule has 0 amide bonds. The molecule has 4 heteroatoms. The van der Waals surface area contributed by atoms with E-state index in [-0.39, 0.29) is 90.0 Å². The molecule has 0 unspecified atom stereocenters. The van der Waals surface area contributed by atoms with Gasteiger partial charge < -0.3 is 0 Å². The molecule has 0 aliphatic heterocycles. The van der Waals surface area contributed by atoms with Gasteiger partial charge in [-0.2, -0.15) is 0 Å². The smallest absolute Gasteiger partial charge is 0 e. The molecule has 19 valence electrons. The van der Waals surface area contributed by atoms with E-state index in [1.54, 1.807) is 0 Å². The first-order valence-corrected chi connectivity index (χ1v) is 1.36. The summed E-state index contributed by atoms with van der Waals surface area (Å²) in [5, 5.41) is 0. The molecule has 0 N–H and O–H groups in total. The minimum absolute atomic E-state index is 0. The number of hydrogen-bond acceptors (Lipinski definition) is 1. The van der Waals surface area contributed by atoms with E-state index in [0.717, 1.165) is 0 Å². The Bertz CT molecular complexity index is 6.00. The summed E-state index contributed by atoms with van der Waals surface area (Å²) in [6, 6.07) is 0. The van der Waals surface area contributed by atoms with Gasteiger partial charge in [-0.25, -0.2) is 0 Å². The Morgan fingerprint density at radius 2 is 1.25 bits per heavy atom. The zero-order valence-corrected chi connectivity index (χ0v) is 14.4. The maximum Gasteiger partial charge on any atom is 0 e. The second-order valence-corrected chi connectivity index (χ2v) is 0. The molecule has 0 heterocycles. The normalized spacial score (nSPS) is 1.00. The molecule has 0 saturated heterocycles. The summed E-state index contributed by atoms with van der Waals surface area (Å²) in [6.07, 6.45) is 0. The summed E-state index contributed by atoms with van der Waals surface area (Å²) in [5.74, 6) is 0. The van der Waals surface area contributed by atoms with Gasteiger partial charge in [0.25, 0.3) is 0 Å². The molecule has 0 fully saturated rings. The summed E-state index contributed by atoms with van der Waals surface area (Å²) in [6.45, 7) is 0. The van der Waals surface area contributed by atoms with Crippen molar-refractivity contribution < 1.29 is 44.2 Å². The maximum atomic E-state index is 8.33. The van der Waals surface area contributed by atoms with E-state index in [2.05, 4.69) is 0 Å². The van der Waals surface area contributed by atoms with E-state index in [1.807, 2.05) is 0 Å². The van der Waals surface area contributed by atoms with Crippen molar-refractivity contribution in [2.75, 3.05) is 0 Å². The van der Waals surface area contributed by atoms with Gasteiger partial charge in [0, 0.05) is 90.0 Å². The second kappa shape index (κ2) is 16.3. The minimum Gasteiger partial charge on any atom is 0 e. The first kappa shape index (κ1) is 15.7. The van der Waals surface area contributed by atoms with Crippen molar-refractivity contribution in [3.05, 3.63) is 0 Å². The van der Waals surface area contributed by atoms with Crippen LogP contribution in [-0.2, 0) is 44.2 Å². The molecule has 4 heavy (non-hydrogen) atoms. The van der Waals surface area contributed by atoms with Gasteiger partial charge in [-0.05, 0) is 0 Å². The molecule has 0 saturated carbocycles. The molecule has 0 atom stereocenters. The Morgan fingerprint density at radius 1 is 1.25 bits per heavy atom. The zero-order valence-electron chi connectivity index (χ0n) is 2.22. The summed E-state index contributed by atoms with van der Waals surface area (Å²) in [7, 11) is 0. The van der Waals surface area contributed by atoms with Crippen LogP contribution in [0.2, 0.25) is 0 Å². The molecule has 0 aliphatic carbocycles. The first-order valence-electron chi connectivity index (χ1n) is 0.167. The average Bonchev–Trinajstić information content (AvgIpc) is 1.00. The number of rotatable bonds is 0. The van der Waals surface area contributed by atoms with E-state index in [1.165, 1.54) is 0 Å². The van der Waals surface area contributed by atoms with Crippen LogP contribution in [0.25, 0.3) is 0 Å². The second-order valence-electron chi connectivity index (χ2n) is 0. The minimum atomic E-state index is 0. The Morgan fingerprint density at radius 3 is 1.25 bits per heavy atom. The van der Waals surface area contributed by atoms with Gasteiger partial charge in [0.2, 0.25) is 0 Å². The van der Waals surface area contributed by atoms with E-state index < -0.39 is 0 Å². The molecule has 1 nitrogen and oxygen atoms in total. The summed E-state index contributed by atoms with van der Waals surface area (Å²) >= 11 is 0.333. The van der Waals surface area contributed by atoms with Crippen LogP contribution in [-0.4, -0.2) is 68.9 Å². The van der Waals surface area contributed by atoms with Crippen molar-refractivity contribution >= 4 is 68.9 Å². The van der Waals surface area contributed by atoms with Crippen LogP contribution >= 0.6 is 0 Å². The molecular weight excluding hydrogens is 517 g/mol. The third-order valence-corrected chi connectivity index (χ3v) is 0. The Hall–Kier alpha value is 3.23. The fourth-order valence-corrected chi connectivity index (χ4v) is 0. The molecule has 0 aromatic rings. The molecule has 1 radical (unpaired) electrons. The molecule has 0 aliphatic rings. The van der Waals surface area contributed by atoms with Crippen LogP contribution in [0.5, 0.6) is 0 Å². The third kappa shape index (κ3) is 8.97. The van der Waals surface area contributed by atoms with E-state index >= 15 is 0 Å². The van der Waals surface area contributed by atoms with Crippen LogP contribution in [0, 0.1) is 0 Å². The first-order chi connectivity index (χ1) is 1.00. The van der Waals surface area contributed by atoms with Crippen LogP contribution in [0.1, 0.15) is 0 Å². The Balaban J connectivity index is -0.00000000500. The molecular formula is CsOW2. The van der Waals surface area contributed by atoms with E-state index in [4.69, 9.17) is 3.40 Å². The van der Waals surface area contributed by atoms with Crippen molar-refractivity contribution in [3.63, 3.8) is 0 Å². The average molecular weight is 517 g/mol. The molecule has 0 spiro atoms. The van der Waals surface area contributed by atoms with Crippen LogP contribution in [0.3, 0.4) is 0 Å². The van der Waals surface area contributed by atoms with Gasteiger partial charge >= 0.3 is 23.2 Å². The quantitative estimate of drug-likeness (QED) is 0.424. The Kier molecular flexibility index (Phi) is 64.0.